The molecule has 0 saturated carbocycles. The zero-order valence-electron chi connectivity index (χ0n) is 9.24. The fourth-order valence-electron chi connectivity index (χ4n) is 1.38. The van der Waals surface area contributed by atoms with Crippen molar-refractivity contribution < 1.29 is 10.1 Å². The van der Waals surface area contributed by atoms with Gasteiger partial charge in [-0.25, -0.2) is 4.89 Å². The van der Waals surface area contributed by atoms with E-state index in [4.69, 9.17) is 5.26 Å². The van der Waals surface area contributed by atoms with Crippen molar-refractivity contribution in [3.05, 3.63) is 35.9 Å². The minimum Gasteiger partial charge on any atom is -0.251 e. The zero-order valence-corrected chi connectivity index (χ0v) is 9.24. The normalized spacial score (nSPS) is 16.4. The molecule has 2 nitrogen and oxygen atoms in total. The number of benzene rings is 1. The Morgan fingerprint density at radius 3 is 1.86 bits per heavy atom. The minimum absolute atomic E-state index is 0.164. The van der Waals surface area contributed by atoms with Crippen molar-refractivity contribution in [1.29, 1.82) is 0 Å². The van der Waals surface area contributed by atoms with Crippen molar-refractivity contribution in [3.63, 3.8) is 0 Å². The first kappa shape index (κ1) is 11.2. The fraction of sp³-hybridized carbons (Fsp3) is 0.500. The summed E-state index contributed by atoms with van der Waals surface area (Å²) in [5.74, 6) is 0. The van der Waals surface area contributed by atoms with Gasteiger partial charge in [0.1, 0.15) is 5.60 Å². The van der Waals surface area contributed by atoms with Crippen LogP contribution in [0.4, 0.5) is 0 Å². The van der Waals surface area contributed by atoms with E-state index in [9.17, 15) is 0 Å². The van der Waals surface area contributed by atoms with Crippen LogP contribution in [-0.2, 0) is 10.5 Å². The summed E-state index contributed by atoms with van der Waals surface area (Å²) in [6.45, 7) is 8.00. The lowest BCUT2D eigenvalue weighted by Crippen LogP contribution is -2.39. The van der Waals surface area contributed by atoms with Gasteiger partial charge in [0.2, 0.25) is 0 Å². The van der Waals surface area contributed by atoms with Gasteiger partial charge in [0.25, 0.3) is 0 Å². The molecule has 78 valence electrons. The van der Waals surface area contributed by atoms with Crippen molar-refractivity contribution in [2.75, 3.05) is 0 Å². The van der Waals surface area contributed by atoms with Gasteiger partial charge < -0.3 is 0 Å². The van der Waals surface area contributed by atoms with Gasteiger partial charge in [0, 0.05) is 0 Å². The zero-order chi connectivity index (χ0) is 10.8. The van der Waals surface area contributed by atoms with Gasteiger partial charge in [-0.1, -0.05) is 51.1 Å². The lowest BCUT2D eigenvalue weighted by atomic mass is 9.73. The van der Waals surface area contributed by atoms with E-state index < -0.39 is 5.60 Å². The Labute approximate surface area is 85.5 Å². The second-order valence-electron chi connectivity index (χ2n) is 4.74. The van der Waals surface area contributed by atoms with Crippen LogP contribution >= 0.6 is 0 Å². The molecular weight excluding hydrogens is 176 g/mol. The van der Waals surface area contributed by atoms with E-state index in [1.165, 1.54) is 0 Å². The van der Waals surface area contributed by atoms with E-state index in [2.05, 4.69) is 4.89 Å². The summed E-state index contributed by atoms with van der Waals surface area (Å²) in [4.78, 5) is 4.69. The average molecular weight is 194 g/mol. The molecule has 0 aliphatic heterocycles. The van der Waals surface area contributed by atoms with Crippen LogP contribution < -0.4 is 0 Å². The maximum atomic E-state index is 9.07. The van der Waals surface area contributed by atoms with Crippen LogP contribution in [0.3, 0.4) is 0 Å². The molecule has 1 rings (SSSR count). The molecule has 1 unspecified atom stereocenters. The fourth-order valence-corrected chi connectivity index (χ4v) is 1.38. The van der Waals surface area contributed by atoms with E-state index >= 15 is 0 Å². The third kappa shape index (κ3) is 1.81. The molecule has 0 radical (unpaired) electrons. The van der Waals surface area contributed by atoms with E-state index in [1.807, 2.05) is 58.0 Å². The maximum absolute atomic E-state index is 9.07. The molecule has 1 aromatic carbocycles. The van der Waals surface area contributed by atoms with E-state index in [0.29, 0.717) is 0 Å². The molecule has 0 saturated heterocycles. The van der Waals surface area contributed by atoms with Crippen molar-refractivity contribution in [3.8, 4) is 0 Å². The van der Waals surface area contributed by atoms with Crippen LogP contribution in [0.15, 0.2) is 30.3 Å². The Kier molecular flexibility index (Phi) is 2.98. The molecule has 1 N–H and O–H groups in total. The van der Waals surface area contributed by atoms with Gasteiger partial charge in [-0.3, -0.25) is 5.26 Å². The Balaban J connectivity index is 3.15. The van der Waals surface area contributed by atoms with E-state index in [1.54, 1.807) is 0 Å². The van der Waals surface area contributed by atoms with Crippen molar-refractivity contribution >= 4 is 0 Å². The summed E-state index contributed by atoms with van der Waals surface area (Å²) >= 11 is 0. The van der Waals surface area contributed by atoms with E-state index in [0.717, 1.165) is 5.56 Å². The van der Waals surface area contributed by atoms with Gasteiger partial charge >= 0.3 is 0 Å². The first-order valence-corrected chi connectivity index (χ1v) is 4.80. The first-order chi connectivity index (χ1) is 6.42. The summed E-state index contributed by atoms with van der Waals surface area (Å²) < 4.78 is 0. The third-order valence-electron chi connectivity index (χ3n) is 2.94. The summed E-state index contributed by atoms with van der Waals surface area (Å²) in [5, 5.41) is 9.07. The number of rotatable bonds is 2. The van der Waals surface area contributed by atoms with Gasteiger partial charge in [0.05, 0.1) is 0 Å². The van der Waals surface area contributed by atoms with E-state index in [-0.39, 0.29) is 5.41 Å². The Morgan fingerprint density at radius 1 is 1.00 bits per heavy atom. The second kappa shape index (κ2) is 3.71. The molecule has 1 aromatic rings. The Morgan fingerprint density at radius 2 is 1.50 bits per heavy atom. The first-order valence-electron chi connectivity index (χ1n) is 4.80. The Bertz CT molecular complexity index is 287. The Hall–Kier alpha value is -0.860. The maximum Gasteiger partial charge on any atom is 0.130 e. The van der Waals surface area contributed by atoms with Gasteiger partial charge in [0.15, 0.2) is 0 Å². The van der Waals surface area contributed by atoms with Crippen LogP contribution in [0.5, 0.6) is 0 Å². The largest absolute Gasteiger partial charge is 0.251 e. The monoisotopic (exact) mass is 194 g/mol. The topological polar surface area (TPSA) is 29.5 Å². The average Bonchev–Trinajstić information content (AvgIpc) is 2.16. The highest BCUT2D eigenvalue weighted by atomic mass is 17.1. The predicted molar refractivity (Wildman–Crippen MR) is 57.0 cm³/mol. The molecule has 0 bridgehead atoms. The van der Waals surface area contributed by atoms with Crippen LogP contribution in [0.25, 0.3) is 0 Å². The van der Waals surface area contributed by atoms with Gasteiger partial charge in [-0.15, -0.1) is 0 Å². The molecule has 0 fully saturated rings. The third-order valence-corrected chi connectivity index (χ3v) is 2.94. The van der Waals surface area contributed by atoms with Gasteiger partial charge in [-0.05, 0) is 17.9 Å². The standard InChI is InChI=1S/C12H18O2/c1-11(2,3)12(4,14-13)10-8-6-5-7-9-10/h5-9,13H,1-4H3. The molecule has 0 aromatic heterocycles. The second-order valence-corrected chi connectivity index (χ2v) is 4.74. The highest BCUT2D eigenvalue weighted by Crippen LogP contribution is 2.41. The molecule has 0 aliphatic carbocycles. The van der Waals surface area contributed by atoms with Crippen molar-refractivity contribution in [1.82, 2.24) is 0 Å². The molecule has 14 heavy (non-hydrogen) atoms. The number of hydrogen-bond donors (Lipinski definition) is 1. The van der Waals surface area contributed by atoms with Crippen molar-refractivity contribution in [2.24, 2.45) is 5.41 Å². The molecule has 0 spiro atoms. The summed E-state index contributed by atoms with van der Waals surface area (Å²) in [7, 11) is 0. The molecule has 0 aliphatic rings. The quantitative estimate of drug-likeness (QED) is 0.577. The lowest BCUT2D eigenvalue weighted by Gasteiger charge is -2.39. The summed E-state index contributed by atoms with van der Waals surface area (Å²) in [6.07, 6.45) is 0. The SMILES string of the molecule is CC(C)(C)C(C)(OO)c1ccccc1. The summed E-state index contributed by atoms with van der Waals surface area (Å²) in [5.41, 5.74) is 0.146. The van der Waals surface area contributed by atoms with Crippen LogP contribution in [0.2, 0.25) is 0 Å². The highest BCUT2D eigenvalue weighted by molar-refractivity contribution is 5.23. The molecule has 0 amide bonds. The van der Waals surface area contributed by atoms with Crippen LogP contribution in [0.1, 0.15) is 33.3 Å². The highest BCUT2D eigenvalue weighted by Gasteiger charge is 2.40. The van der Waals surface area contributed by atoms with Crippen LogP contribution in [-0.4, -0.2) is 5.26 Å². The van der Waals surface area contributed by atoms with Crippen LogP contribution in [0, 0.1) is 5.41 Å². The minimum atomic E-state index is -0.672. The number of hydrogen-bond acceptors (Lipinski definition) is 2. The van der Waals surface area contributed by atoms with Crippen molar-refractivity contribution in [2.45, 2.75) is 33.3 Å². The summed E-state index contributed by atoms with van der Waals surface area (Å²) in [6, 6.07) is 9.75. The molecule has 1 atom stereocenters. The molecular formula is C12H18O2. The molecule has 0 heterocycles. The van der Waals surface area contributed by atoms with Gasteiger partial charge in [-0.2, -0.15) is 0 Å². The predicted octanol–water partition coefficient (Wildman–Crippen LogP) is 3.44. The molecule has 2 heteroatoms. The smallest absolute Gasteiger partial charge is 0.130 e. The lowest BCUT2D eigenvalue weighted by molar-refractivity contribution is -0.350.